The van der Waals surface area contributed by atoms with E-state index in [-0.39, 0.29) is 84.9 Å². The molecule has 0 radical (unpaired) electrons. The Hall–Kier alpha value is -5.59. The highest BCUT2D eigenvalue weighted by Gasteiger charge is 2.51. The largest absolute Gasteiger partial charge is 0.483 e. The summed E-state index contributed by atoms with van der Waals surface area (Å²) in [6.07, 6.45) is 1.89. The van der Waals surface area contributed by atoms with Crippen LogP contribution >= 0.6 is 0 Å². The van der Waals surface area contributed by atoms with Gasteiger partial charge >= 0.3 is 17.6 Å². The molecule has 11 nitrogen and oxygen atoms in total. The number of ether oxygens (including phenoxy) is 4. The molecule has 0 saturated heterocycles. The van der Waals surface area contributed by atoms with Gasteiger partial charge in [0.05, 0.1) is 25.4 Å². The Kier molecular flexibility index (Phi) is 14.1. The highest BCUT2D eigenvalue weighted by molar-refractivity contribution is 5.90. The van der Waals surface area contributed by atoms with E-state index < -0.39 is 47.9 Å². The summed E-state index contributed by atoms with van der Waals surface area (Å²) < 4.78 is 31.2. The summed E-state index contributed by atoms with van der Waals surface area (Å²) >= 11 is 0. The maximum absolute atomic E-state index is 14.9. The lowest BCUT2D eigenvalue weighted by Gasteiger charge is -2.44. The lowest BCUT2D eigenvalue weighted by Crippen LogP contribution is -2.52. The molecule has 4 aromatic carbocycles. The molecule has 0 amide bonds. The first kappa shape index (κ1) is 46.0. The van der Waals surface area contributed by atoms with E-state index in [4.69, 9.17) is 23.4 Å². The summed E-state index contributed by atoms with van der Waals surface area (Å²) in [4.78, 5) is 43.3. The monoisotopic (exact) mass is 884 g/mol. The van der Waals surface area contributed by atoms with E-state index in [0.717, 1.165) is 36.8 Å². The Morgan fingerprint density at radius 2 is 1.63 bits per heavy atom. The first-order chi connectivity index (χ1) is 31.4. The molecular weight excluding hydrogens is 825 g/mol. The Balaban J connectivity index is 1.23. The van der Waals surface area contributed by atoms with Crippen molar-refractivity contribution in [3.05, 3.63) is 157 Å². The number of hydrogen-bond donors (Lipinski definition) is 3. The van der Waals surface area contributed by atoms with Crippen LogP contribution in [0.5, 0.6) is 5.75 Å². The zero-order chi connectivity index (χ0) is 45.8. The molecule has 9 rings (SSSR count). The second-order valence-electron chi connectivity index (χ2n) is 18.5. The van der Waals surface area contributed by atoms with Crippen molar-refractivity contribution in [1.29, 1.82) is 0 Å². The van der Waals surface area contributed by atoms with Crippen LogP contribution in [-0.2, 0) is 43.2 Å². The Morgan fingerprint density at radius 3 is 2.35 bits per heavy atom. The van der Waals surface area contributed by atoms with Crippen molar-refractivity contribution < 1.29 is 48.3 Å². The third kappa shape index (κ3) is 9.70. The smallest absolute Gasteiger partial charge is 0.340 e. The average Bonchev–Trinajstić information content (AvgIpc) is 3.29. The van der Waals surface area contributed by atoms with E-state index >= 15 is 0 Å². The molecule has 65 heavy (non-hydrogen) atoms. The van der Waals surface area contributed by atoms with Crippen molar-refractivity contribution in [3.8, 4) is 5.75 Å². The van der Waals surface area contributed by atoms with Crippen LogP contribution in [0.3, 0.4) is 0 Å². The van der Waals surface area contributed by atoms with Gasteiger partial charge < -0.3 is 38.7 Å². The molecule has 1 fully saturated rings. The van der Waals surface area contributed by atoms with Gasteiger partial charge in [0.15, 0.2) is 12.2 Å². The van der Waals surface area contributed by atoms with Crippen molar-refractivity contribution in [3.63, 3.8) is 0 Å². The van der Waals surface area contributed by atoms with Gasteiger partial charge in [0.25, 0.3) is 0 Å². The fourth-order valence-corrected chi connectivity index (χ4v) is 10.5. The number of aryl methyl sites for hydroxylation is 1. The Morgan fingerprint density at radius 1 is 0.862 bits per heavy atom. The minimum absolute atomic E-state index is 0.0250. The zero-order valence-electron chi connectivity index (χ0n) is 37.7. The SMILES string of the molecule is COC[C@@H](CCO)c1c(CO)c2ccc3c(c2oc1=O)[C@H]1OC(=O)C[C@@H]2C[C@H](c4cccc(Cc5ccccc5)c4)CC[C@H]2c2ccc(cc2)CC/C(=C(\C)CO)C(=O)O[C@@H]1C(C)(C)O3. The molecule has 0 unspecified atom stereocenters. The summed E-state index contributed by atoms with van der Waals surface area (Å²) in [5.74, 6) is -1.36. The number of rotatable bonds is 10. The number of carbonyl (C=O) groups excluding carboxylic acids is 2. The number of esters is 2. The predicted molar refractivity (Wildman–Crippen MR) is 246 cm³/mol. The van der Waals surface area contributed by atoms with Crippen LogP contribution in [0.25, 0.3) is 11.0 Å². The van der Waals surface area contributed by atoms with Crippen LogP contribution in [0.4, 0.5) is 0 Å². The van der Waals surface area contributed by atoms with Gasteiger partial charge in [-0.2, -0.15) is 0 Å². The third-order valence-electron chi connectivity index (χ3n) is 13.9. The van der Waals surface area contributed by atoms with Gasteiger partial charge in [-0.05, 0) is 135 Å². The van der Waals surface area contributed by atoms with E-state index in [1.165, 1.54) is 23.8 Å². The standard InChI is InChI=1S/C54H60O11/c1-32(29-56)41-19-15-33-13-16-36(17-14-33)42-20-18-38(37-12-8-11-35(26-37)25-34-9-6-5-7-10-34)27-40(42)28-46(58)62-50-48-45(65-54(2,3)51(50)64-52(41)59)22-21-43-44(30-57)47(53(60)63-49(43)48)39(23-24-55)31-61-4/h5-14,16-17,21-22,26,38-40,42,50-51,55-57H,15,18-20,23-25,27-31H2,1-4H3/b41-32-/t38-,39-,40+,42+,50-,51+/m1/s1. The maximum atomic E-state index is 14.9. The first-order valence-corrected chi connectivity index (χ1v) is 22.9. The molecule has 4 aliphatic rings. The molecule has 3 aliphatic heterocycles. The van der Waals surface area contributed by atoms with Crippen LogP contribution in [-0.4, -0.2) is 65.9 Å². The molecule has 1 aliphatic carbocycles. The lowest BCUT2D eigenvalue weighted by atomic mass is 9.68. The molecule has 342 valence electrons. The summed E-state index contributed by atoms with van der Waals surface area (Å²) in [6.45, 7) is 4.15. The molecule has 4 heterocycles. The van der Waals surface area contributed by atoms with Crippen molar-refractivity contribution >= 4 is 22.9 Å². The zero-order valence-corrected chi connectivity index (χ0v) is 37.7. The molecule has 2 bridgehead atoms. The molecule has 3 N–H and O–H groups in total. The molecule has 5 aromatic rings. The average molecular weight is 885 g/mol. The lowest BCUT2D eigenvalue weighted by molar-refractivity contribution is -0.188. The van der Waals surface area contributed by atoms with Crippen LogP contribution < -0.4 is 10.4 Å². The molecule has 6 atom stereocenters. The molecular formula is C54H60O11. The maximum Gasteiger partial charge on any atom is 0.340 e. The predicted octanol–water partition coefficient (Wildman–Crippen LogP) is 8.67. The van der Waals surface area contributed by atoms with Gasteiger partial charge in [-0.15, -0.1) is 0 Å². The summed E-state index contributed by atoms with van der Waals surface area (Å²) in [6, 6.07) is 31.0. The van der Waals surface area contributed by atoms with Gasteiger partial charge in [-0.25, -0.2) is 9.59 Å². The van der Waals surface area contributed by atoms with Crippen molar-refractivity contribution in [1.82, 2.24) is 0 Å². The van der Waals surface area contributed by atoms with E-state index in [1.54, 1.807) is 32.9 Å². The number of aliphatic hydroxyl groups is 3. The van der Waals surface area contributed by atoms with Crippen LogP contribution in [0.15, 0.2) is 111 Å². The minimum Gasteiger partial charge on any atom is -0.483 e. The van der Waals surface area contributed by atoms with Crippen molar-refractivity contribution in [2.75, 3.05) is 26.9 Å². The Bertz CT molecular complexity index is 2590. The molecule has 0 spiro atoms. The van der Waals surface area contributed by atoms with E-state index in [0.29, 0.717) is 23.0 Å². The van der Waals surface area contributed by atoms with Gasteiger partial charge in [0.2, 0.25) is 0 Å². The number of fused-ring (bicyclic) bond motifs is 11. The molecule has 11 heteroatoms. The third-order valence-corrected chi connectivity index (χ3v) is 13.9. The van der Waals surface area contributed by atoms with Gasteiger partial charge in [0.1, 0.15) is 16.9 Å². The van der Waals surface area contributed by atoms with E-state index in [9.17, 15) is 29.7 Å². The number of carbonyl (C=O) groups is 2. The second-order valence-corrected chi connectivity index (χ2v) is 18.5. The van der Waals surface area contributed by atoms with E-state index in [1.807, 2.05) is 6.07 Å². The number of methoxy groups -OCH3 is 1. The summed E-state index contributed by atoms with van der Waals surface area (Å²) in [5, 5.41) is 31.4. The van der Waals surface area contributed by atoms with Gasteiger partial charge in [0, 0.05) is 42.6 Å². The fraction of sp³-hybridized carbons (Fsp3) is 0.426. The van der Waals surface area contributed by atoms with Gasteiger partial charge in [-0.3, -0.25) is 4.79 Å². The first-order valence-electron chi connectivity index (χ1n) is 22.9. The quantitative estimate of drug-likeness (QED) is 0.0699. The van der Waals surface area contributed by atoms with Crippen molar-refractivity contribution in [2.45, 2.75) is 114 Å². The number of aliphatic hydroxyl groups excluding tert-OH is 3. The summed E-state index contributed by atoms with van der Waals surface area (Å²) in [7, 11) is 1.49. The minimum atomic E-state index is -1.31. The van der Waals surface area contributed by atoms with Gasteiger partial charge in [-0.1, -0.05) is 78.9 Å². The number of hydrogen-bond acceptors (Lipinski definition) is 11. The van der Waals surface area contributed by atoms with Crippen LogP contribution in [0, 0.1) is 5.92 Å². The Labute approximate surface area is 380 Å². The number of benzene rings is 4. The fourth-order valence-electron chi connectivity index (χ4n) is 10.5. The van der Waals surface area contributed by atoms with Crippen LogP contribution in [0.2, 0.25) is 0 Å². The normalized spacial score (nSPS) is 23.3. The molecule has 1 aromatic heterocycles. The summed E-state index contributed by atoms with van der Waals surface area (Å²) in [5.41, 5.74) is 5.30. The highest BCUT2D eigenvalue weighted by atomic mass is 16.6. The topological polar surface area (TPSA) is 162 Å². The second kappa shape index (κ2) is 19.9. The molecule has 1 saturated carbocycles. The highest BCUT2D eigenvalue weighted by Crippen LogP contribution is 2.50. The van der Waals surface area contributed by atoms with Crippen LogP contribution in [0.1, 0.15) is 128 Å². The van der Waals surface area contributed by atoms with E-state index in [2.05, 4.69) is 72.8 Å². The van der Waals surface area contributed by atoms with Crippen molar-refractivity contribution in [2.24, 2.45) is 5.92 Å².